The van der Waals surface area contributed by atoms with E-state index in [0.29, 0.717) is 12.8 Å². The normalized spacial score (nSPS) is 19.8. The number of carbonyl (C=O) groups is 2. The first-order chi connectivity index (χ1) is 32.0. The highest BCUT2D eigenvalue weighted by atomic mass is 32.2. The second-order valence-corrected chi connectivity index (χ2v) is 19.7. The van der Waals surface area contributed by atoms with Crippen molar-refractivity contribution in [3.05, 3.63) is 48.6 Å². The highest BCUT2D eigenvalue weighted by Crippen LogP contribution is 2.24. The molecule has 0 radical (unpaired) electrons. The molecule has 12 nitrogen and oxygen atoms in total. The molecule has 6 atom stereocenters. The van der Waals surface area contributed by atoms with Gasteiger partial charge in [0, 0.05) is 12.8 Å². The van der Waals surface area contributed by atoms with Gasteiger partial charge in [0.1, 0.15) is 36.8 Å². The quantitative estimate of drug-likeness (QED) is 0.0196. The van der Waals surface area contributed by atoms with E-state index in [1.54, 1.807) is 0 Å². The van der Waals surface area contributed by atoms with E-state index in [1.807, 2.05) is 0 Å². The lowest BCUT2D eigenvalue weighted by atomic mass is 10.00. The van der Waals surface area contributed by atoms with Gasteiger partial charge >= 0.3 is 11.9 Å². The van der Waals surface area contributed by atoms with Crippen LogP contribution in [0.25, 0.3) is 0 Å². The Hall–Kier alpha value is -2.39. The van der Waals surface area contributed by atoms with Gasteiger partial charge in [-0.2, -0.15) is 8.42 Å². The van der Waals surface area contributed by atoms with Crippen molar-refractivity contribution in [1.29, 1.82) is 0 Å². The summed E-state index contributed by atoms with van der Waals surface area (Å²) in [5.41, 5.74) is 0. The number of aliphatic hydroxyl groups excluding tert-OH is 3. The van der Waals surface area contributed by atoms with Crippen molar-refractivity contribution in [1.82, 2.24) is 0 Å². The van der Waals surface area contributed by atoms with Gasteiger partial charge in [-0.3, -0.25) is 14.1 Å². The average Bonchev–Trinajstić information content (AvgIpc) is 3.28. The van der Waals surface area contributed by atoms with Gasteiger partial charge < -0.3 is 34.3 Å². The molecule has 4 N–H and O–H groups in total. The van der Waals surface area contributed by atoms with E-state index in [0.717, 1.165) is 70.6 Å². The third-order valence-electron chi connectivity index (χ3n) is 11.9. The minimum atomic E-state index is -4.61. The maximum Gasteiger partial charge on any atom is 0.306 e. The van der Waals surface area contributed by atoms with Gasteiger partial charge in [0.05, 0.1) is 6.61 Å². The van der Waals surface area contributed by atoms with Crippen LogP contribution in [0, 0.1) is 0 Å². The van der Waals surface area contributed by atoms with Gasteiger partial charge in [-0.1, -0.05) is 178 Å². The van der Waals surface area contributed by atoms with E-state index < -0.39 is 71.2 Å². The third kappa shape index (κ3) is 36.6. The molecule has 1 fully saturated rings. The van der Waals surface area contributed by atoms with Crippen molar-refractivity contribution < 1.29 is 56.8 Å². The molecular formula is C53H94O12S. The lowest BCUT2D eigenvalue weighted by Crippen LogP contribution is -2.60. The minimum absolute atomic E-state index is 0.149. The number of allylic oxidation sites excluding steroid dienone is 8. The van der Waals surface area contributed by atoms with Crippen LogP contribution in [0.1, 0.15) is 219 Å². The summed E-state index contributed by atoms with van der Waals surface area (Å²) in [6, 6.07) is 0. The van der Waals surface area contributed by atoms with Crippen molar-refractivity contribution in [2.24, 2.45) is 0 Å². The standard InChI is InChI=1S/C53H94O12S/c1-3-5-7-9-11-13-15-17-19-21-23-25-27-29-31-33-35-37-39-41-48(54)62-43-46(44-63-53-52(58)51(57)50(56)47(65-53)45-66(59,60)61)64-49(55)42-40-38-36-34-32-30-28-26-24-22-20-18-16-14-12-10-8-6-4-2/h12,14,17-20,24,26,46-47,50-53,56-58H,3-11,13,15-16,21-23,25,27-45H2,1-2H3,(H,59,60,61)/b14-12-,19-17-,20-18-,26-24-. The molecule has 0 bridgehead atoms. The Bertz CT molecular complexity index is 1400. The number of unbranched alkanes of at least 4 members (excludes halogenated alkanes) is 24. The summed E-state index contributed by atoms with van der Waals surface area (Å²) in [5.74, 6) is -2.00. The van der Waals surface area contributed by atoms with Crippen molar-refractivity contribution in [3.63, 3.8) is 0 Å². The Labute approximate surface area is 401 Å². The smallest absolute Gasteiger partial charge is 0.306 e. The zero-order chi connectivity index (χ0) is 48.4. The summed E-state index contributed by atoms with van der Waals surface area (Å²) < 4.78 is 54.3. The van der Waals surface area contributed by atoms with Crippen molar-refractivity contribution >= 4 is 22.1 Å². The van der Waals surface area contributed by atoms with Crippen molar-refractivity contribution in [2.75, 3.05) is 19.0 Å². The summed E-state index contributed by atoms with van der Waals surface area (Å²) >= 11 is 0. The van der Waals surface area contributed by atoms with Gasteiger partial charge in [-0.15, -0.1) is 0 Å². The Morgan fingerprint density at radius 3 is 1.39 bits per heavy atom. The van der Waals surface area contributed by atoms with E-state index in [9.17, 15) is 37.9 Å². The molecule has 0 aromatic rings. The molecule has 1 aliphatic heterocycles. The van der Waals surface area contributed by atoms with Crippen LogP contribution in [0.15, 0.2) is 48.6 Å². The number of esters is 2. The van der Waals surface area contributed by atoms with Gasteiger partial charge in [0.15, 0.2) is 12.4 Å². The van der Waals surface area contributed by atoms with Gasteiger partial charge in [-0.05, 0) is 77.0 Å². The summed E-state index contributed by atoms with van der Waals surface area (Å²) in [5, 5.41) is 31.0. The van der Waals surface area contributed by atoms with E-state index >= 15 is 0 Å². The first-order valence-corrected chi connectivity index (χ1v) is 27.8. The van der Waals surface area contributed by atoms with E-state index in [1.165, 1.54) is 109 Å². The summed E-state index contributed by atoms with van der Waals surface area (Å²) in [7, 11) is -4.61. The van der Waals surface area contributed by atoms with Crippen molar-refractivity contribution in [2.45, 2.75) is 256 Å². The zero-order valence-corrected chi connectivity index (χ0v) is 42.1. The average molecular weight is 955 g/mol. The molecule has 0 saturated carbocycles. The number of carbonyl (C=O) groups excluding carboxylic acids is 2. The molecule has 1 aliphatic rings. The monoisotopic (exact) mass is 955 g/mol. The third-order valence-corrected chi connectivity index (χ3v) is 12.6. The predicted molar refractivity (Wildman–Crippen MR) is 266 cm³/mol. The van der Waals surface area contributed by atoms with Crippen LogP contribution in [0.4, 0.5) is 0 Å². The maximum absolute atomic E-state index is 12.9. The number of rotatable bonds is 44. The van der Waals surface area contributed by atoms with Crippen LogP contribution in [0.5, 0.6) is 0 Å². The number of hydrogen-bond acceptors (Lipinski definition) is 11. The molecule has 1 heterocycles. The molecular weight excluding hydrogens is 861 g/mol. The van der Waals surface area contributed by atoms with Gasteiger partial charge in [0.25, 0.3) is 10.1 Å². The van der Waals surface area contributed by atoms with Crippen LogP contribution >= 0.6 is 0 Å². The molecule has 384 valence electrons. The molecule has 0 spiro atoms. The molecule has 0 aliphatic carbocycles. The summed E-state index contributed by atoms with van der Waals surface area (Å²) in [4.78, 5) is 25.5. The minimum Gasteiger partial charge on any atom is -0.462 e. The molecule has 1 rings (SSSR count). The van der Waals surface area contributed by atoms with Gasteiger partial charge in [0.2, 0.25) is 0 Å². The Balaban J connectivity index is 2.38. The summed E-state index contributed by atoms with van der Waals surface area (Å²) in [6.45, 7) is 3.74. The topological polar surface area (TPSA) is 186 Å². The molecule has 6 unspecified atom stereocenters. The van der Waals surface area contributed by atoms with Crippen LogP contribution in [-0.4, -0.2) is 96.0 Å². The Morgan fingerprint density at radius 1 is 0.515 bits per heavy atom. The van der Waals surface area contributed by atoms with Crippen molar-refractivity contribution in [3.8, 4) is 0 Å². The number of hydrogen-bond donors (Lipinski definition) is 4. The van der Waals surface area contributed by atoms with Crippen LogP contribution in [0.2, 0.25) is 0 Å². The zero-order valence-electron chi connectivity index (χ0n) is 41.3. The molecule has 1 saturated heterocycles. The first-order valence-electron chi connectivity index (χ1n) is 26.2. The largest absolute Gasteiger partial charge is 0.462 e. The van der Waals surface area contributed by atoms with E-state index in [-0.39, 0.29) is 19.4 Å². The molecule has 66 heavy (non-hydrogen) atoms. The molecule has 13 heteroatoms. The molecule has 0 aromatic carbocycles. The maximum atomic E-state index is 12.9. The highest BCUT2D eigenvalue weighted by Gasteiger charge is 2.46. The summed E-state index contributed by atoms with van der Waals surface area (Å²) in [6.07, 6.45) is 42.8. The predicted octanol–water partition coefficient (Wildman–Crippen LogP) is 11.9. The first kappa shape index (κ1) is 61.6. The fourth-order valence-electron chi connectivity index (χ4n) is 7.80. The Kier molecular flexibility index (Phi) is 39.9. The van der Waals surface area contributed by atoms with Crippen LogP contribution in [-0.2, 0) is 38.7 Å². The lowest BCUT2D eigenvalue weighted by Gasteiger charge is -2.40. The SMILES string of the molecule is CCCCC/C=C\C/C=C\C/C=C\CCCCCCCCC(=O)OC(COC(=O)CCCCCCCCCCC/C=C\CCCCCCCC)COC1OC(CS(=O)(=O)O)C(O)C(O)C1O. The number of aliphatic hydroxyl groups is 3. The van der Waals surface area contributed by atoms with Crippen LogP contribution < -0.4 is 0 Å². The fourth-order valence-corrected chi connectivity index (χ4v) is 8.49. The fraction of sp³-hybridized carbons (Fsp3) is 0.811. The van der Waals surface area contributed by atoms with Gasteiger partial charge in [-0.25, -0.2) is 0 Å². The second kappa shape index (κ2) is 42.7. The highest BCUT2D eigenvalue weighted by molar-refractivity contribution is 7.85. The van der Waals surface area contributed by atoms with E-state index in [2.05, 4.69) is 62.5 Å². The molecule has 0 amide bonds. The number of ether oxygens (including phenoxy) is 4. The van der Waals surface area contributed by atoms with Crippen LogP contribution in [0.3, 0.4) is 0 Å². The molecule has 0 aromatic heterocycles. The lowest BCUT2D eigenvalue weighted by molar-refractivity contribution is -0.297. The Morgan fingerprint density at radius 2 is 0.909 bits per heavy atom. The second-order valence-electron chi connectivity index (χ2n) is 18.2. The van der Waals surface area contributed by atoms with E-state index in [4.69, 9.17) is 18.9 Å².